The molecule has 0 saturated heterocycles. The molecule has 0 aliphatic carbocycles. The van der Waals surface area contributed by atoms with E-state index in [2.05, 4.69) is 4.74 Å². The van der Waals surface area contributed by atoms with Crippen LogP contribution in [0.25, 0.3) is 0 Å². The van der Waals surface area contributed by atoms with Gasteiger partial charge in [-0.3, -0.25) is 15.0 Å². The number of hydrogen-bond acceptors (Lipinski definition) is 4. The van der Waals surface area contributed by atoms with E-state index in [0.717, 1.165) is 0 Å². The lowest BCUT2D eigenvalue weighted by Gasteiger charge is -2.26. The predicted octanol–water partition coefficient (Wildman–Crippen LogP) is 1.36. The van der Waals surface area contributed by atoms with Crippen molar-refractivity contribution in [3.63, 3.8) is 0 Å². The van der Waals surface area contributed by atoms with Gasteiger partial charge in [0.2, 0.25) is 0 Å². The molecule has 1 unspecified atom stereocenters. The summed E-state index contributed by atoms with van der Waals surface area (Å²) in [5, 5.41) is 10.5. The molecule has 0 saturated carbocycles. The summed E-state index contributed by atoms with van der Waals surface area (Å²) in [5.74, 6) is 0. The van der Waals surface area contributed by atoms with Gasteiger partial charge in [-0.25, -0.2) is 4.79 Å². The van der Waals surface area contributed by atoms with Gasteiger partial charge in [-0.05, 0) is 13.3 Å². The molecule has 0 aromatic heterocycles. The normalized spacial score (nSPS) is 21.4. The van der Waals surface area contributed by atoms with E-state index in [1.54, 1.807) is 0 Å². The first kappa shape index (κ1) is 10.5. The highest BCUT2D eigenvalue weighted by molar-refractivity contribution is 5.69. The first-order chi connectivity index (χ1) is 6.56. The molecule has 1 aliphatic rings. The molecule has 1 heterocycles. The fourth-order valence-corrected chi connectivity index (χ4v) is 1.32. The molecule has 0 N–H and O–H groups in total. The Kier molecular flexibility index (Phi) is 3.06. The van der Waals surface area contributed by atoms with Crippen molar-refractivity contribution in [2.45, 2.75) is 25.8 Å². The van der Waals surface area contributed by atoms with E-state index in [9.17, 15) is 14.9 Å². The zero-order valence-corrected chi connectivity index (χ0v) is 8.10. The molecule has 0 radical (unpaired) electrons. The van der Waals surface area contributed by atoms with Crippen LogP contribution >= 0.6 is 0 Å². The van der Waals surface area contributed by atoms with Gasteiger partial charge in [0.15, 0.2) is 0 Å². The molecule has 1 rings (SSSR count). The summed E-state index contributed by atoms with van der Waals surface area (Å²) >= 11 is 0. The Morgan fingerprint density at radius 2 is 2.43 bits per heavy atom. The molecular formula is C8H12N2O4. The van der Waals surface area contributed by atoms with Gasteiger partial charge in [0.25, 0.3) is 5.70 Å². The zero-order chi connectivity index (χ0) is 10.7. The van der Waals surface area contributed by atoms with E-state index in [4.69, 9.17) is 0 Å². The zero-order valence-electron chi connectivity index (χ0n) is 8.10. The van der Waals surface area contributed by atoms with E-state index in [-0.39, 0.29) is 11.7 Å². The number of nitrogens with zero attached hydrogens (tertiary/aromatic N) is 2. The summed E-state index contributed by atoms with van der Waals surface area (Å²) in [6.45, 7) is 1.82. The van der Waals surface area contributed by atoms with Gasteiger partial charge < -0.3 is 4.74 Å². The van der Waals surface area contributed by atoms with E-state index in [1.165, 1.54) is 18.2 Å². The van der Waals surface area contributed by atoms with Crippen LogP contribution in [0.3, 0.4) is 0 Å². The minimum absolute atomic E-state index is 0.0495. The largest absolute Gasteiger partial charge is 0.452 e. The number of ether oxygens (including phenoxy) is 1. The topological polar surface area (TPSA) is 72.7 Å². The Balaban J connectivity index is 2.86. The van der Waals surface area contributed by atoms with Crippen LogP contribution in [0.15, 0.2) is 11.9 Å². The van der Waals surface area contributed by atoms with Crippen LogP contribution < -0.4 is 0 Å². The van der Waals surface area contributed by atoms with Gasteiger partial charge in [0.1, 0.15) is 0 Å². The van der Waals surface area contributed by atoms with Crippen molar-refractivity contribution >= 4 is 6.09 Å². The first-order valence-electron chi connectivity index (χ1n) is 4.27. The van der Waals surface area contributed by atoms with E-state index in [0.29, 0.717) is 12.8 Å². The third kappa shape index (κ3) is 2.01. The molecule has 6 nitrogen and oxygen atoms in total. The molecular weight excluding hydrogens is 188 g/mol. The fourth-order valence-electron chi connectivity index (χ4n) is 1.32. The summed E-state index contributed by atoms with van der Waals surface area (Å²) in [6, 6.07) is -0.0499. The molecule has 1 atom stereocenters. The average molecular weight is 200 g/mol. The van der Waals surface area contributed by atoms with E-state index in [1.807, 2.05) is 6.92 Å². The van der Waals surface area contributed by atoms with Crippen LogP contribution in [0, 0.1) is 10.1 Å². The molecule has 0 spiro atoms. The van der Waals surface area contributed by atoms with Crippen LogP contribution in [0.2, 0.25) is 0 Å². The minimum Gasteiger partial charge on any atom is -0.452 e. The molecule has 0 aromatic carbocycles. The Morgan fingerprint density at radius 1 is 1.79 bits per heavy atom. The molecule has 1 aliphatic heterocycles. The lowest BCUT2D eigenvalue weighted by atomic mass is 10.1. The molecule has 6 heteroatoms. The third-order valence-corrected chi connectivity index (χ3v) is 2.20. The lowest BCUT2D eigenvalue weighted by Crippen LogP contribution is -2.37. The SMILES string of the molecule is COC(=O)N1C=C([N+](=O)[O-])CCC1C. The Bertz CT molecular complexity index is 287. The lowest BCUT2D eigenvalue weighted by molar-refractivity contribution is -0.430. The number of hydrogen-bond donors (Lipinski definition) is 0. The summed E-state index contributed by atoms with van der Waals surface area (Å²) < 4.78 is 4.51. The Labute approximate surface area is 81.3 Å². The van der Waals surface area contributed by atoms with Gasteiger partial charge >= 0.3 is 6.09 Å². The maximum Gasteiger partial charge on any atom is 0.413 e. The van der Waals surface area contributed by atoms with Crippen molar-refractivity contribution in [2.75, 3.05) is 7.11 Å². The number of carbonyl (C=O) groups excluding carboxylic acids is 1. The predicted molar refractivity (Wildman–Crippen MR) is 48.0 cm³/mol. The highest BCUT2D eigenvalue weighted by atomic mass is 16.6. The summed E-state index contributed by atoms with van der Waals surface area (Å²) in [5.41, 5.74) is 0.0495. The van der Waals surface area contributed by atoms with Crippen molar-refractivity contribution < 1.29 is 14.5 Å². The Morgan fingerprint density at radius 3 is 2.93 bits per heavy atom. The standard InChI is InChI=1S/C8H12N2O4/c1-6-3-4-7(10(12)13)5-9(6)8(11)14-2/h5-6H,3-4H2,1-2H3. The second-order valence-electron chi connectivity index (χ2n) is 3.14. The fraction of sp³-hybridized carbons (Fsp3) is 0.625. The van der Waals surface area contributed by atoms with Gasteiger partial charge in [-0.15, -0.1) is 0 Å². The van der Waals surface area contributed by atoms with Crippen LogP contribution in [0.5, 0.6) is 0 Å². The van der Waals surface area contributed by atoms with Crippen LogP contribution in [-0.4, -0.2) is 29.1 Å². The summed E-state index contributed by atoms with van der Waals surface area (Å²) in [7, 11) is 1.25. The maximum absolute atomic E-state index is 11.2. The number of allylic oxidation sites excluding steroid dienone is 1. The van der Waals surface area contributed by atoms with Crippen LogP contribution in [-0.2, 0) is 4.74 Å². The van der Waals surface area contributed by atoms with Gasteiger partial charge in [0, 0.05) is 12.5 Å². The molecule has 1 amide bonds. The van der Waals surface area contributed by atoms with Crippen molar-refractivity contribution in [3.05, 3.63) is 22.0 Å². The van der Waals surface area contributed by atoms with Crippen molar-refractivity contribution in [2.24, 2.45) is 0 Å². The number of carbonyl (C=O) groups is 1. The second-order valence-corrected chi connectivity index (χ2v) is 3.14. The number of nitro groups is 1. The molecule has 0 fully saturated rings. The summed E-state index contributed by atoms with van der Waals surface area (Å²) in [4.78, 5) is 22.4. The molecule has 14 heavy (non-hydrogen) atoms. The smallest absolute Gasteiger partial charge is 0.413 e. The highest BCUT2D eigenvalue weighted by Gasteiger charge is 2.28. The second kappa shape index (κ2) is 4.08. The minimum atomic E-state index is -0.559. The highest BCUT2D eigenvalue weighted by Crippen LogP contribution is 2.21. The van der Waals surface area contributed by atoms with Crippen LogP contribution in [0.4, 0.5) is 4.79 Å². The molecule has 0 aromatic rings. The molecule has 78 valence electrons. The van der Waals surface area contributed by atoms with Gasteiger partial charge in [-0.1, -0.05) is 0 Å². The van der Waals surface area contributed by atoms with Crippen molar-refractivity contribution in [1.82, 2.24) is 4.90 Å². The van der Waals surface area contributed by atoms with Crippen molar-refractivity contribution in [3.8, 4) is 0 Å². The Hall–Kier alpha value is -1.59. The quantitative estimate of drug-likeness (QED) is 0.473. The van der Waals surface area contributed by atoms with E-state index < -0.39 is 11.0 Å². The monoisotopic (exact) mass is 200 g/mol. The number of methoxy groups -OCH3 is 1. The van der Waals surface area contributed by atoms with Gasteiger partial charge in [-0.2, -0.15) is 0 Å². The first-order valence-corrected chi connectivity index (χ1v) is 4.27. The number of rotatable bonds is 1. The maximum atomic E-state index is 11.2. The third-order valence-electron chi connectivity index (χ3n) is 2.20. The summed E-state index contributed by atoms with van der Waals surface area (Å²) in [6.07, 6.45) is 1.67. The number of amides is 1. The average Bonchev–Trinajstić information content (AvgIpc) is 2.17. The van der Waals surface area contributed by atoms with Crippen molar-refractivity contribution in [1.29, 1.82) is 0 Å². The van der Waals surface area contributed by atoms with E-state index >= 15 is 0 Å². The van der Waals surface area contributed by atoms with Gasteiger partial charge in [0.05, 0.1) is 18.2 Å². The molecule has 0 bridgehead atoms. The van der Waals surface area contributed by atoms with Crippen LogP contribution in [0.1, 0.15) is 19.8 Å².